The number of benzene rings is 2. The molecule has 0 fully saturated rings. The maximum absolute atomic E-state index is 12.9. The van der Waals surface area contributed by atoms with Crippen molar-refractivity contribution < 1.29 is 9.59 Å². The van der Waals surface area contributed by atoms with Crippen LogP contribution >= 0.6 is 0 Å². The Labute approximate surface area is 155 Å². The van der Waals surface area contributed by atoms with Gasteiger partial charge in [-0.15, -0.1) is 0 Å². The van der Waals surface area contributed by atoms with E-state index in [1.54, 1.807) is 4.90 Å². The molecule has 1 aliphatic rings. The molecule has 0 unspecified atom stereocenters. The average molecular weight is 350 g/mol. The second-order valence-electron chi connectivity index (χ2n) is 7.00. The zero-order valence-corrected chi connectivity index (χ0v) is 15.1. The first-order valence-corrected chi connectivity index (χ1v) is 9.32. The molecule has 0 aliphatic heterocycles. The van der Waals surface area contributed by atoms with E-state index in [-0.39, 0.29) is 18.2 Å². The maximum atomic E-state index is 12.9. The zero-order valence-electron chi connectivity index (χ0n) is 15.1. The SMILES string of the molecule is NC(=O)CCN(Cc1ccccc1)C(=O)Cc1ccc2c(c1)CCCC2. The van der Waals surface area contributed by atoms with E-state index in [9.17, 15) is 9.59 Å². The van der Waals surface area contributed by atoms with Crippen molar-refractivity contribution in [3.63, 3.8) is 0 Å². The van der Waals surface area contributed by atoms with Crippen LogP contribution in [0.3, 0.4) is 0 Å². The number of amides is 2. The van der Waals surface area contributed by atoms with Crippen LogP contribution in [-0.2, 0) is 35.4 Å². The lowest BCUT2D eigenvalue weighted by molar-refractivity contribution is -0.131. The monoisotopic (exact) mass is 350 g/mol. The fourth-order valence-corrected chi connectivity index (χ4v) is 3.52. The lowest BCUT2D eigenvalue weighted by Crippen LogP contribution is -2.34. The first-order chi connectivity index (χ1) is 12.6. The number of aryl methyl sites for hydroxylation is 2. The Bertz CT molecular complexity index is 771. The summed E-state index contributed by atoms with van der Waals surface area (Å²) in [6, 6.07) is 16.3. The third-order valence-electron chi connectivity index (χ3n) is 4.97. The lowest BCUT2D eigenvalue weighted by atomic mass is 9.90. The molecule has 0 spiro atoms. The molecule has 4 nitrogen and oxygen atoms in total. The molecule has 26 heavy (non-hydrogen) atoms. The van der Waals surface area contributed by atoms with Gasteiger partial charge in [0.1, 0.15) is 0 Å². The van der Waals surface area contributed by atoms with Crippen LogP contribution < -0.4 is 5.73 Å². The number of carbonyl (C=O) groups is 2. The second-order valence-corrected chi connectivity index (χ2v) is 7.00. The number of hydrogen-bond acceptors (Lipinski definition) is 2. The van der Waals surface area contributed by atoms with Gasteiger partial charge in [-0.05, 0) is 47.9 Å². The Morgan fingerprint density at radius 3 is 2.38 bits per heavy atom. The Morgan fingerprint density at radius 1 is 0.923 bits per heavy atom. The summed E-state index contributed by atoms with van der Waals surface area (Å²) in [4.78, 5) is 25.8. The smallest absolute Gasteiger partial charge is 0.227 e. The van der Waals surface area contributed by atoms with Gasteiger partial charge >= 0.3 is 0 Å². The molecule has 0 radical (unpaired) electrons. The minimum absolute atomic E-state index is 0.0332. The van der Waals surface area contributed by atoms with Crippen LogP contribution in [0.15, 0.2) is 48.5 Å². The van der Waals surface area contributed by atoms with Gasteiger partial charge in [0, 0.05) is 19.5 Å². The van der Waals surface area contributed by atoms with Crippen molar-refractivity contribution in [2.75, 3.05) is 6.54 Å². The van der Waals surface area contributed by atoms with E-state index >= 15 is 0 Å². The molecule has 0 saturated carbocycles. The molecule has 2 aromatic carbocycles. The van der Waals surface area contributed by atoms with Crippen molar-refractivity contribution in [1.29, 1.82) is 0 Å². The maximum Gasteiger partial charge on any atom is 0.227 e. The fraction of sp³-hybridized carbons (Fsp3) is 0.364. The average Bonchev–Trinajstić information content (AvgIpc) is 2.65. The highest BCUT2D eigenvalue weighted by molar-refractivity contribution is 5.80. The first-order valence-electron chi connectivity index (χ1n) is 9.32. The fourth-order valence-electron chi connectivity index (χ4n) is 3.52. The first kappa shape index (κ1) is 18.2. The highest BCUT2D eigenvalue weighted by Crippen LogP contribution is 2.22. The summed E-state index contributed by atoms with van der Waals surface area (Å²) in [5.74, 6) is -0.351. The van der Waals surface area contributed by atoms with Gasteiger partial charge in [0.05, 0.1) is 6.42 Å². The summed E-state index contributed by atoms with van der Waals surface area (Å²) >= 11 is 0. The molecule has 3 rings (SSSR count). The number of fused-ring (bicyclic) bond motifs is 1. The quantitative estimate of drug-likeness (QED) is 0.834. The van der Waals surface area contributed by atoms with Gasteiger partial charge < -0.3 is 10.6 Å². The van der Waals surface area contributed by atoms with Gasteiger partial charge in [0.25, 0.3) is 0 Å². The summed E-state index contributed by atoms with van der Waals surface area (Å²) in [5, 5.41) is 0. The molecule has 136 valence electrons. The van der Waals surface area contributed by atoms with Crippen molar-refractivity contribution >= 4 is 11.8 Å². The second kappa shape index (κ2) is 8.65. The summed E-state index contributed by atoms with van der Waals surface area (Å²) in [6.07, 6.45) is 5.27. The Morgan fingerprint density at radius 2 is 1.65 bits per heavy atom. The molecule has 0 atom stereocenters. The minimum atomic E-state index is -0.385. The topological polar surface area (TPSA) is 63.4 Å². The predicted octanol–water partition coefficient (Wildman–Crippen LogP) is 3.01. The molecule has 1 aliphatic carbocycles. The summed E-state index contributed by atoms with van der Waals surface area (Å²) in [6.45, 7) is 0.853. The van der Waals surface area contributed by atoms with Gasteiger partial charge in [-0.1, -0.05) is 48.5 Å². The number of nitrogens with two attached hydrogens (primary N) is 1. The molecule has 2 amide bonds. The Hall–Kier alpha value is -2.62. The van der Waals surface area contributed by atoms with Crippen LogP contribution in [0.5, 0.6) is 0 Å². The van der Waals surface area contributed by atoms with Crippen molar-refractivity contribution in [2.45, 2.75) is 45.1 Å². The normalized spacial score (nSPS) is 13.1. The van der Waals surface area contributed by atoms with E-state index in [0.717, 1.165) is 24.0 Å². The molecular weight excluding hydrogens is 324 g/mol. The predicted molar refractivity (Wildman–Crippen MR) is 102 cm³/mol. The van der Waals surface area contributed by atoms with Crippen LogP contribution in [0.2, 0.25) is 0 Å². The Balaban J connectivity index is 1.70. The number of hydrogen-bond donors (Lipinski definition) is 1. The van der Waals surface area contributed by atoms with E-state index in [2.05, 4.69) is 18.2 Å². The van der Waals surface area contributed by atoms with Crippen LogP contribution in [0.25, 0.3) is 0 Å². The number of primary amides is 1. The molecule has 0 aromatic heterocycles. The summed E-state index contributed by atoms with van der Waals surface area (Å²) < 4.78 is 0. The number of nitrogens with zero attached hydrogens (tertiary/aromatic N) is 1. The van der Waals surface area contributed by atoms with Crippen molar-refractivity contribution in [3.8, 4) is 0 Å². The lowest BCUT2D eigenvalue weighted by Gasteiger charge is -2.23. The third-order valence-corrected chi connectivity index (χ3v) is 4.97. The van der Waals surface area contributed by atoms with E-state index in [1.807, 2.05) is 30.3 Å². The standard InChI is InChI=1S/C22H26N2O2/c23-21(25)12-13-24(16-17-6-2-1-3-7-17)22(26)15-18-10-11-19-8-4-5-9-20(19)14-18/h1-3,6-7,10-11,14H,4-5,8-9,12-13,15-16H2,(H2,23,25). The van der Waals surface area contributed by atoms with Crippen LogP contribution in [0.4, 0.5) is 0 Å². The van der Waals surface area contributed by atoms with Gasteiger partial charge in [0.2, 0.25) is 11.8 Å². The molecular formula is C22H26N2O2. The van der Waals surface area contributed by atoms with Crippen LogP contribution in [0.1, 0.15) is 41.5 Å². The van der Waals surface area contributed by atoms with Gasteiger partial charge in [0.15, 0.2) is 0 Å². The molecule has 0 heterocycles. The summed E-state index contributed by atoms with van der Waals surface area (Å²) in [7, 11) is 0. The summed E-state index contributed by atoms with van der Waals surface area (Å²) in [5.41, 5.74) is 10.2. The van der Waals surface area contributed by atoms with Crippen LogP contribution in [0, 0.1) is 0 Å². The molecule has 2 aromatic rings. The molecule has 2 N–H and O–H groups in total. The van der Waals surface area contributed by atoms with Gasteiger partial charge in [-0.25, -0.2) is 0 Å². The van der Waals surface area contributed by atoms with E-state index < -0.39 is 0 Å². The molecule has 4 heteroatoms. The van der Waals surface area contributed by atoms with Crippen molar-refractivity contribution in [1.82, 2.24) is 4.90 Å². The zero-order chi connectivity index (χ0) is 18.4. The number of rotatable bonds is 7. The molecule has 0 bridgehead atoms. The largest absolute Gasteiger partial charge is 0.370 e. The highest BCUT2D eigenvalue weighted by Gasteiger charge is 2.17. The van der Waals surface area contributed by atoms with Gasteiger partial charge in [-0.3, -0.25) is 9.59 Å². The van der Waals surface area contributed by atoms with Crippen molar-refractivity contribution in [3.05, 3.63) is 70.8 Å². The highest BCUT2D eigenvalue weighted by atomic mass is 16.2. The number of carbonyl (C=O) groups excluding carboxylic acids is 2. The van der Waals surface area contributed by atoms with Crippen LogP contribution in [-0.4, -0.2) is 23.3 Å². The third kappa shape index (κ3) is 4.94. The minimum Gasteiger partial charge on any atom is -0.370 e. The van der Waals surface area contributed by atoms with Gasteiger partial charge in [-0.2, -0.15) is 0 Å². The van der Waals surface area contributed by atoms with E-state index in [4.69, 9.17) is 5.73 Å². The van der Waals surface area contributed by atoms with E-state index in [0.29, 0.717) is 19.5 Å². The Kier molecular flexibility index (Phi) is 6.05. The van der Waals surface area contributed by atoms with Crippen molar-refractivity contribution in [2.24, 2.45) is 5.73 Å². The molecule has 0 saturated heterocycles. The van der Waals surface area contributed by atoms with E-state index in [1.165, 1.54) is 24.0 Å².